The Labute approximate surface area is 87.8 Å². The highest BCUT2D eigenvalue weighted by atomic mass is 16.5. The zero-order valence-electron chi connectivity index (χ0n) is 9.59. The Kier molecular flexibility index (Phi) is 6.15. The molecule has 0 amide bonds. The van der Waals surface area contributed by atoms with Crippen LogP contribution in [0.4, 0.5) is 0 Å². The van der Waals surface area contributed by atoms with Crippen molar-refractivity contribution in [1.29, 1.82) is 0 Å². The molecule has 1 heterocycles. The van der Waals surface area contributed by atoms with E-state index >= 15 is 0 Å². The molecule has 14 heavy (non-hydrogen) atoms. The molecule has 84 valence electrons. The summed E-state index contributed by atoms with van der Waals surface area (Å²) in [7, 11) is 0. The van der Waals surface area contributed by atoms with Gasteiger partial charge in [0.25, 0.3) is 0 Å². The minimum absolute atomic E-state index is 0.782. The van der Waals surface area contributed by atoms with Crippen molar-refractivity contribution in [3.63, 3.8) is 0 Å². The van der Waals surface area contributed by atoms with Gasteiger partial charge in [0.05, 0.1) is 0 Å². The molecule has 1 fully saturated rings. The molecule has 1 aliphatic rings. The van der Waals surface area contributed by atoms with Crippen molar-refractivity contribution in [2.24, 2.45) is 5.92 Å². The summed E-state index contributed by atoms with van der Waals surface area (Å²) < 4.78 is 5.34. The molecule has 0 spiro atoms. The monoisotopic (exact) mass is 200 g/mol. The fourth-order valence-corrected chi connectivity index (χ4v) is 1.92. The maximum Gasteiger partial charge on any atom is 0.0478 e. The van der Waals surface area contributed by atoms with Gasteiger partial charge in [0.1, 0.15) is 0 Å². The summed E-state index contributed by atoms with van der Waals surface area (Å²) in [6, 6.07) is 0. The molecule has 0 saturated carbocycles. The lowest BCUT2D eigenvalue weighted by molar-refractivity contribution is 0.131. The molecule has 1 saturated heterocycles. The highest BCUT2D eigenvalue weighted by Crippen LogP contribution is 2.03. The van der Waals surface area contributed by atoms with Gasteiger partial charge in [0, 0.05) is 39.4 Å². The number of hydrogen-bond acceptors (Lipinski definition) is 3. The molecule has 1 N–H and O–H groups in total. The first kappa shape index (κ1) is 12.0. The van der Waals surface area contributed by atoms with E-state index in [4.69, 9.17) is 4.74 Å². The van der Waals surface area contributed by atoms with E-state index in [2.05, 4.69) is 24.1 Å². The highest BCUT2D eigenvalue weighted by Gasteiger charge is 2.13. The second-order valence-electron chi connectivity index (χ2n) is 4.16. The van der Waals surface area contributed by atoms with Crippen LogP contribution in [0.15, 0.2) is 0 Å². The summed E-state index contributed by atoms with van der Waals surface area (Å²) in [5, 5.41) is 3.46. The summed E-state index contributed by atoms with van der Waals surface area (Å²) in [5.74, 6) is 0.782. The van der Waals surface area contributed by atoms with Crippen molar-refractivity contribution in [3.05, 3.63) is 0 Å². The summed E-state index contributed by atoms with van der Waals surface area (Å²) in [5.41, 5.74) is 0. The van der Waals surface area contributed by atoms with Crippen molar-refractivity contribution >= 4 is 0 Å². The SMILES string of the molecule is CCOCCCN1CCNCC(C)C1. The number of ether oxygens (including phenoxy) is 1. The average Bonchev–Trinajstić information content (AvgIpc) is 2.38. The average molecular weight is 200 g/mol. The Balaban J connectivity index is 2.09. The molecular formula is C11H24N2O. The highest BCUT2D eigenvalue weighted by molar-refractivity contribution is 4.70. The van der Waals surface area contributed by atoms with E-state index in [9.17, 15) is 0 Å². The predicted molar refractivity (Wildman–Crippen MR) is 59.6 cm³/mol. The topological polar surface area (TPSA) is 24.5 Å². The molecular weight excluding hydrogens is 176 g/mol. The van der Waals surface area contributed by atoms with E-state index in [1.807, 2.05) is 0 Å². The quantitative estimate of drug-likeness (QED) is 0.669. The molecule has 0 radical (unpaired) electrons. The first-order valence-electron chi connectivity index (χ1n) is 5.83. The zero-order valence-corrected chi connectivity index (χ0v) is 9.59. The molecule has 1 atom stereocenters. The molecule has 1 unspecified atom stereocenters. The van der Waals surface area contributed by atoms with Gasteiger partial charge in [0.15, 0.2) is 0 Å². The summed E-state index contributed by atoms with van der Waals surface area (Å²) in [6.45, 7) is 12.0. The fraction of sp³-hybridized carbons (Fsp3) is 1.00. The van der Waals surface area contributed by atoms with Crippen LogP contribution in [0.2, 0.25) is 0 Å². The standard InChI is InChI=1S/C11H24N2O/c1-3-14-8-4-6-13-7-5-12-9-11(2)10-13/h11-12H,3-10H2,1-2H3. The van der Waals surface area contributed by atoms with E-state index < -0.39 is 0 Å². The van der Waals surface area contributed by atoms with Crippen molar-refractivity contribution in [2.75, 3.05) is 45.9 Å². The third-order valence-electron chi connectivity index (χ3n) is 2.63. The van der Waals surface area contributed by atoms with E-state index in [1.165, 1.54) is 32.6 Å². The normalized spacial score (nSPS) is 24.9. The smallest absolute Gasteiger partial charge is 0.0478 e. The lowest BCUT2D eigenvalue weighted by Crippen LogP contribution is -2.31. The van der Waals surface area contributed by atoms with E-state index in [-0.39, 0.29) is 0 Å². The predicted octanol–water partition coefficient (Wildman–Crippen LogP) is 0.954. The van der Waals surface area contributed by atoms with Crippen LogP contribution < -0.4 is 5.32 Å². The number of nitrogens with one attached hydrogen (secondary N) is 1. The summed E-state index contributed by atoms with van der Waals surface area (Å²) in [4.78, 5) is 2.55. The molecule has 0 bridgehead atoms. The van der Waals surface area contributed by atoms with Crippen LogP contribution in [0, 0.1) is 5.92 Å². The summed E-state index contributed by atoms with van der Waals surface area (Å²) >= 11 is 0. The lowest BCUT2D eigenvalue weighted by atomic mass is 10.2. The molecule has 0 aliphatic carbocycles. The molecule has 1 rings (SSSR count). The third kappa shape index (κ3) is 4.94. The van der Waals surface area contributed by atoms with E-state index in [0.29, 0.717) is 0 Å². The van der Waals surface area contributed by atoms with Crippen LogP contribution in [0.1, 0.15) is 20.3 Å². The van der Waals surface area contributed by atoms with Gasteiger partial charge < -0.3 is 15.0 Å². The fourth-order valence-electron chi connectivity index (χ4n) is 1.92. The Morgan fingerprint density at radius 1 is 1.50 bits per heavy atom. The van der Waals surface area contributed by atoms with Crippen molar-refractivity contribution in [3.8, 4) is 0 Å². The van der Waals surface area contributed by atoms with Gasteiger partial charge in [-0.2, -0.15) is 0 Å². The van der Waals surface area contributed by atoms with Gasteiger partial charge in [-0.15, -0.1) is 0 Å². The van der Waals surface area contributed by atoms with Crippen LogP contribution in [0.5, 0.6) is 0 Å². The summed E-state index contributed by atoms with van der Waals surface area (Å²) in [6.07, 6.45) is 1.17. The van der Waals surface area contributed by atoms with Crippen LogP contribution in [0.3, 0.4) is 0 Å². The Morgan fingerprint density at radius 3 is 3.14 bits per heavy atom. The Morgan fingerprint density at radius 2 is 2.36 bits per heavy atom. The first-order valence-corrected chi connectivity index (χ1v) is 5.83. The van der Waals surface area contributed by atoms with Gasteiger partial charge >= 0.3 is 0 Å². The molecule has 0 aromatic heterocycles. The van der Waals surface area contributed by atoms with Crippen LogP contribution in [-0.2, 0) is 4.74 Å². The minimum atomic E-state index is 0.782. The molecule has 1 aliphatic heterocycles. The van der Waals surface area contributed by atoms with Gasteiger partial charge in [-0.05, 0) is 25.8 Å². The van der Waals surface area contributed by atoms with Crippen molar-refractivity contribution < 1.29 is 4.74 Å². The maximum atomic E-state index is 5.34. The van der Waals surface area contributed by atoms with Gasteiger partial charge in [-0.25, -0.2) is 0 Å². The molecule has 0 aromatic carbocycles. The van der Waals surface area contributed by atoms with E-state index in [1.54, 1.807) is 0 Å². The van der Waals surface area contributed by atoms with Crippen LogP contribution >= 0.6 is 0 Å². The van der Waals surface area contributed by atoms with Gasteiger partial charge in [0.2, 0.25) is 0 Å². The van der Waals surface area contributed by atoms with Gasteiger partial charge in [-0.1, -0.05) is 6.92 Å². The first-order chi connectivity index (χ1) is 6.83. The molecule has 3 nitrogen and oxygen atoms in total. The second kappa shape index (κ2) is 7.21. The number of rotatable bonds is 5. The second-order valence-corrected chi connectivity index (χ2v) is 4.16. The van der Waals surface area contributed by atoms with Crippen molar-refractivity contribution in [1.82, 2.24) is 10.2 Å². The van der Waals surface area contributed by atoms with Gasteiger partial charge in [-0.3, -0.25) is 0 Å². The van der Waals surface area contributed by atoms with Crippen molar-refractivity contribution in [2.45, 2.75) is 20.3 Å². The maximum absolute atomic E-state index is 5.34. The largest absolute Gasteiger partial charge is 0.382 e. The Hall–Kier alpha value is -0.120. The van der Waals surface area contributed by atoms with Crippen LogP contribution in [-0.4, -0.2) is 50.8 Å². The Bertz CT molecular complexity index is 141. The lowest BCUT2D eigenvalue weighted by Gasteiger charge is -2.21. The van der Waals surface area contributed by atoms with E-state index in [0.717, 1.165) is 25.7 Å². The third-order valence-corrected chi connectivity index (χ3v) is 2.63. The molecule has 0 aromatic rings. The molecule has 3 heteroatoms. The number of nitrogens with zero attached hydrogens (tertiary/aromatic N) is 1. The van der Waals surface area contributed by atoms with Crippen LogP contribution in [0.25, 0.3) is 0 Å². The zero-order chi connectivity index (χ0) is 10.2. The minimum Gasteiger partial charge on any atom is -0.382 e. The number of hydrogen-bond donors (Lipinski definition) is 1.